The first-order valence-corrected chi connectivity index (χ1v) is 9.58. The lowest BCUT2D eigenvalue weighted by molar-refractivity contribution is -0.156. The molecule has 2 fully saturated rings. The molecule has 0 amide bonds. The third-order valence-electron chi connectivity index (χ3n) is 4.75. The van der Waals surface area contributed by atoms with Gasteiger partial charge >= 0.3 is 5.97 Å². The van der Waals surface area contributed by atoms with Crippen molar-refractivity contribution in [3.05, 3.63) is 0 Å². The van der Waals surface area contributed by atoms with Crippen LogP contribution in [0.3, 0.4) is 0 Å². The number of hydrogen-bond donors (Lipinski definition) is 0. The summed E-state index contributed by atoms with van der Waals surface area (Å²) in [5.74, 6) is 1.18. The quantitative estimate of drug-likeness (QED) is 0.744. The lowest BCUT2D eigenvalue weighted by Gasteiger charge is -2.36. The van der Waals surface area contributed by atoms with Crippen LogP contribution in [0.2, 0.25) is 0 Å². The van der Waals surface area contributed by atoms with Crippen LogP contribution in [0, 0.1) is 17.8 Å². The Balaban J connectivity index is 1.94. The molecule has 1 saturated carbocycles. The summed E-state index contributed by atoms with van der Waals surface area (Å²) < 4.78 is 30.4. The Kier molecular flexibility index (Phi) is 5.30. The smallest absolute Gasteiger partial charge is 0.321 e. The fourth-order valence-electron chi connectivity index (χ4n) is 3.47. The van der Waals surface area contributed by atoms with Crippen molar-refractivity contribution in [2.75, 3.05) is 18.8 Å². The van der Waals surface area contributed by atoms with E-state index in [1.807, 2.05) is 0 Å². The topological polar surface area (TPSA) is 63.7 Å². The number of ether oxygens (including phenoxy) is 1. The summed E-state index contributed by atoms with van der Waals surface area (Å²) in [7, 11) is -3.23. The van der Waals surface area contributed by atoms with Crippen molar-refractivity contribution in [3.8, 4) is 0 Å². The zero-order chi connectivity index (χ0) is 15.6. The van der Waals surface area contributed by atoms with E-state index in [0.29, 0.717) is 30.7 Å². The van der Waals surface area contributed by atoms with Gasteiger partial charge in [-0.1, -0.05) is 27.2 Å². The molecule has 1 aliphatic carbocycles. The van der Waals surface area contributed by atoms with Crippen LogP contribution >= 0.6 is 0 Å². The molecule has 3 atom stereocenters. The predicted molar refractivity (Wildman–Crippen MR) is 81.2 cm³/mol. The minimum Gasteiger partial charge on any atom is -0.461 e. The SMILES string of the molecule is CC(C)[C@@H]1CC[C@@H](C)C[C@H]1OC(=O)CN1CCCS1(=O)=O. The molecule has 122 valence electrons. The third-order valence-corrected chi connectivity index (χ3v) is 6.66. The van der Waals surface area contributed by atoms with E-state index in [-0.39, 0.29) is 18.4 Å². The van der Waals surface area contributed by atoms with Crippen molar-refractivity contribution in [2.24, 2.45) is 17.8 Å². The summed E-state index contributed by atoms with van der Waals surface area (Å²) in [5.41, 5.74) is 0. The highest BCUT2D eigenvalue weighted by Crippen LogP contribution is 2.35. The molecule has 21 heavy (non-hydrogen) atoms. The van der Waals surface area contributed by atoms with Gasteiger partial charge in [0.25, 0.3) is 0 Å². The molecule has 6 heteroatoms. The van der Waals surface area contributed by atoms with E-state index in [1.165, 1.54) is 10.7 Å². The number of sulfonamides is 1. The van der Waals surface area contributed by atoms with Crippen LogP contribution in [0.1, 0.15) is 46.5 Å². The Hall–Kier alpha value is -0.620. The summed E-state index contributed by atoms with van der Waals surface area (Å²) in [5, 5.41) is 0. The third kappa shape index (κ3) is 4.19. The van der Waals surface area contributed by atoms with Gasteiger partial charge in [0, 0.05) is 6.54 Å². The van der Waals surface area contributed by atoms with E-state index in [9.17, 15) is 13.2 Å². The molecule has 0 bridgehead atoms. The molecule has 2 aliphatic rings. The van der Waals surface area contributed by atoms with E-state index in [0.717, 1.165) is 12.8 Å². The number of carbonyl (C=O) groups is 1. The van der Waals surface area contributed by atoms with Crippen molar-refractivity contribution >= 4 is 16.0 Å². The molecule has 0 N–H and O–H groups in total. The molecule has 0 aromatic heterocycles. The first-order chi connectivity index (χ1) is 9.79. The molecule has 0 spiro atoms. The van der Waals surface area contributed by atoms with E-state index >= 15 is 0 Å². The molecule has 0 aromatic rings. The monoisotopic (exact) mass is 317 g/mol. The van der Waals surface area contributed by atoms with Gasteiger partial charge in [-0.2, -0.15) is 4.31 Å². The summed E-state index contributed by atoms with van der Waals surface area (Å²) in [6.45, 7) is 6.81. The van der Waals surface area contributed by atoms with E-state index in [2.05, 4.69) is 20.8 Å². The second kappa shape index (κ2) is 6.65. The lowest BCUT2D eigenvalue weighted by atomic mass is 9.75. The molecule has 1 aliphatic heterocycles. The van der Waals surface area contributed by atoms with Crippen molar-refractivity contribution in [1.29, 1.82) is 0 Å². The number of hydrogen-bond acceptors (Lipinski definition) is 4. The maximum atomic E-state index is 12.1. The first kappa shape index (κ1) is 16.7. The molecule has 0 unspecified atom stereocenters. The standard InChI is InChI=1S/C15H27NO4S/c1-11(2)13-6-5-12(3)9-14(13)20-15(17)10-16-7-4-8-21(16,18)19/h11-14H,4-10H2,1-3H3/t12-,13+,14-/m1/s1. The summed E-state index contributed by atoms with van der Waals surface area (Å²) in [6, 6.07) is 0. The molecule has 5 nitrogen and oxygen atoms in total. The number of rotatable bonds is 4. The maximum absolute atomic E-state index is 12.1. The largest absolute Gasteiger partial charge is 0.461 e. The van der Waals surface area contributed by atoms with Crippen LogP contribution in [0.4, 0.5) is 0 Å². The van der Waals surface area contributed by atoms with Crippen LogP contribution in [-0.4, -0.2) is 43.6 Å². The molecular weight excluding hydrogens is 290 g/mol. The average Bonchev–Trinajstić information content (AvgIpc) is 2.68. The van der Waals surface area contributed by atoms with E-state index in [4.69, 9.17) is 4.74 Å². The van der Waals surface area contributed by atoms with Crippen LogP contribution in [0.5, 0.6) is 0 Å². The van der Waals surface area contributed by atoms with Crippen LogP contribution in [0.25, 0.3) is 0 Å². The van der Waals surface area contributed by atoms with Gasteiger partial charge in [0.1, 0.15) is 12.6 Å². The number of esters is 1. The molecule has 2 rings (SSSR count). The fraction of sp³-hybridized carbons (Fsp3) is 0.933. The molecule has 0 radical (unpaired) electrons. The Morgan fingerprint density at radius 3 is 2.62 bits per heavy atom. The second-order valence-electron chi connectivity index (χ2n) is 6.86. The Morgan fingerprint density at radius 1 is 1.33 bits per heavy atom. The average molecular weight is 317 g/mol. The van der Waals surface area contributed by atoms with Crippen LogP contribution in [-0.2, 0) is 19.6 Å². The minimum absolute atomic E-state index is 0.0634. The second-order valence-corrected chi connectivity index (χ2v) is 8.95. The highest BCUT2D eigenvalue weighted by Gasteiger charge is 2.35. The highest BCUT2D eigenvalue weighted by molar-refractivity contribution is 7.89. The van der Waals surface area contributed by atoms with Gasteiger partial charge in [0.15, 0.2) is 0 Å². The minimum atomic E-state index is -3.23. The van der Waals surface area contributed by atoms with E-state index in [1.54, 1.807) is 0 Å². The van der Waals surface area contributed by atoms with Crippen molar-refractivity contribution in [2.45, 2.75) is 52.6 Å². The van der Waals surface area contributed by atoms with Gasteiger partial charge in [0.05, 0.1) is 5.75 Å². The fourth-order valence-corrected chi connectivity index (χ4v) is 4.93. The zero-order valence-electron chi connectivity index (χ0n) is 13.2. The van der Waals surface area contributed by atoms with Gasteiger partial charge in [-0.05, 0) is 37.0 Å². The number of carbonyl (C=O) groups excluding carboxylic acids is 1. The van der Waals surface area contributed by atoms with Crippen molar-refractivity contribution in [3.63, 3.8) is 0 Å². The number of nitrogens with zero attached hydrogens (tertiary/aromatic N) is 1. The predicted octanol–water partition coefficient (Wildman–Crippen LogP) is 2.03. The Morgan fingerprint density at radius 2 is 2.05 bits per heavy atom. The summed E-state index contributed by atoms with van der Waals surface area (Å²) in [6.07, 6.45) is 3.69. The highest BCUT2D eigenvalue weighted by atomic mass is 32.2. The summed E-state index contributed by atoms with van der Waals surface area (Å²) in [4.78, 5) is 12.1. The summed E-state index contributed by atoms with van der Waals surface area (Å²) >= 11 is 0. The van der Waals surface area contributed by atoms with E-state index < -0.39 is 16.0 Å². The van der Waals surface area contributed by atoms with Gasteiger partial charge in [0.2, 0.25) is 10.0 Å². The van der Waals surface area contributed by atoms with Gasteiger partial charge in [-0.3, -0.25) is 4.79 Å². The lowest BCUT2D eigenvalue weighted by Crippen LogP contribution is -2.39. The Bertz CT molecular complexity index is 474. The molecule has 1 heterocycles. The zero-order valence-corrected chi connectivity index (χ0v) is 14.1. The maximum Gasteiger partial charge on any atom is 0.321 e. The molecular formula is C15H27NO4S. The molecule has 0 aromatic carbocycles. The Labute approximate surface area is 128 Å². The molecule has 1 saturated heterocycles. The first-order valence-electron chi connectivity index (χ1n) is 7.97. The van der Waals surface area contributed by atoms with Gasteiger partial charge in [-0.15, -0.1) is 0 Å². The normalized spacial score (nSPS) is 33.2. The van der Waals surface area contributed by atoms with Crippen molar-refractivity contribution < 1.29 is 17.9 Å². The van der Waals surface area contributed by atoms with Gasteiger partial charge < -0.3 is 4.74 Å². The van der Waals surface area contributed by atoms with Crippen LogP contribution < -0.4 is 0 Å². The van der Waals surface area contributed by atoms with Gasteiger partial charge in [-0.25, -0.2) is 8.42 Å². The van der Waals surface area contributed by atoms with Crippen molar-refractivity contribution in [1.82, 2.24) is 4.31 Å². The van der Waals surface area contributed by atoms with Crippen LogP contribution in [0.15, 0.2) is 0 Å².